The first kappa shape index (κ1) is 11.6. The number of carboxylic acids is 1. The van der Waals surface area contributed by atoms with E-state index in [0.717, 1.165) is 0 Å². The number of rotatable bonds is 4. The lowest BCUT2D eigenvalue weighted by Crippen LogP contribution is -2.07. The van der Waals surface area contributed by atoms with Crippen molar-refractivity contribution in [2.45, 2.75) is 6.42 Å². The molecule has 0 aliphatic rings. The predicted octanol–water partition coefficient (Wildman–Crippen LogP) is 2.58. The van der Waals surface area contributed by atoms with E-state index in [9.17, 15) is 4.79 Å². The number of halogens is 1. The highest BCUT2D eigenvalue weighted by atomic mass is 79.9. The molecule has 4 heteroatoms. The number of hydrogen-bond donors (Lipinski definition) is 2. The summed E-state index contributed by atoms with van der Waals surface area (Å²) >= 11 is 3.20. The Morgan fingerprint density at radius 2 is 2.33 bits per heavy atom. The molecule has 0 spiro atoms. The van der Waals surface area contributed by atoms with E-state index >= 15 is 0 Å². The maximum Gasteiger partial charge on any atom is 0.338 e. The lowest BCUT2D eigenvalue weighted by molar-refractivity contribution is 0.0697. The fourth-order valence-corrected chi connectivity index (χ4v) is 1.69. The van der Waals surface area contributed by atoms with Crippen molar-refractivity contribution >= 4 is 27.6 Å². The van der Waals surface area contributed by atoms with Gasteiger partial charge < -0.3 is 10.4 Å². The van der Waals surface area contributed by atoms with Gasteiger partial charge in [0.1, 0.15) is 0 Å². The first-order valence-electron chi connectivity index (χ1n) is 4.36. The van der Waals surface area contributed by atoms with E-state index in [1.165, 1.54) is 0 Å². The summed E-state index contributed by atoms with van der Waals surface area (Å²) in [6, 6.07) is 5.18. The number of carboxylic acid groups (broad SMARTS) is 1. The van der Waals surface area contributed by atoms with E-state index in [2.05, 4.69) is 27.2 Å². The van der Waals surface area contributed by atoms with Crippen LogP contribution in [0.25, 0.3) is 0 Å². The zero-order valence-corrected chi connectivity index (χ0v) is 9.54. The van der Waals surface area contributed by atoms with Crippen LogP contribution >= 0.6 is 15.9 Å². The average molecular weight is 268 g/mol. The van der Waals surface area contributed by atoms with Crippen molar-refractivity contribution in [1.29, 1.82) is 0 Å². The summed E-state index contributed by atoms with van der Waals surface area (Å²) in [6.45, 7) is 0.563. The summed E-state index contributed by atoms with van der Waals surface area (Å²) in [5, 5.41) is 12.0. The molecule has 0 bridgehead atoms. The van der Waals surface area contributed by atoms with Crippen molar-refractivity contribution < 1.29 is 9.90 Å². The van der Waals surface area contributed by atoms with Crippen LogP contribution in [0.15, 0.2) is 22.7 Å². The van der Waals surface area contributed by atoms with Gasteiger partial charge in [0.2, 0.25) is 0 Å². The highest BCUT2D eigenvalue weighted by Gasteiger charge is 2.12. The Kier molecular flexibility index (Phi) is 4.19. The van der Waals surface area contributed by atoms with Crippen molar-refractivity contribution in [1.82, 2.24) is 0 Å². The van der Waals surface area contributed by atoms with Crippen LogP contribution in [0.5, 0.6) is 0 Å². The Labute approximate surface area is 96.6 Å². The van der Waals surface area contributed by atoms with Crippen molar-refractivity contribution in [3.05, 3.63) is 28.2 Å². The topological polar surface area (TPSA) is 49.3 Å². The van der Waals surface area contributed by atoms with Crippen LogP contribution < -0.4 is 5.32 Å². The third-order valence-electron chi connectivity index (χ3n) is 1.81. The molecule has 3 nitrogen and oxygen atoms in total. The molecular weight excluding hydrogens is 258 g/mol. The first-order chi connectivity index (χ1) is 7.16. The van der Waals surface area contributed by atoms with E-state index in [1.807, 2.05) is 0 Å². The molecule has 0 unspecified atom stereocenters. The minimum Gasteiger partial charge on any atom is -0.478 e. The molecule has 1 aromatic rings. The summed E-state index contributed by atoms with van der Waals surface area (Å²) in [6.07, 6.45) is 5.67. The molecule has 0 aromatic heterocycles. The summed E-state index contributed by atoms with van der Waals surface area (Å²) < 4.78 is 0.556. The van der Waals surface area contributed by atoms with E-state index in [1.54, 1.807) is 18.2 Å². The summed E-state index contributed by atoms with van der Waals surface area (Å²) in [5.41, 5.74) is 0.807. The van der Waals surface area contributed by atoms with Gasteiger partial charge in [0.25, 0.3) is 0 Å². The van der Waals surface area contributed by atoms with Crippen molar-refractivity contribution in [2.24, 2.45) is 0 Å². The van der Waals surface area contributed by atoms with Crippen molar-refractivity contribution in [3.8, 4) is 12.3 Å². The molecule has 1 rings (SSSR count). The van der Waals surface area contributed by atoms with Gasteiger partial charge in [-0.25, -0.2) is 4.79 Å². The fraction of sp³-hybridized carbons (Fsp3) is 0.182. The molecule has 0 aliphatic heterocycles. The normalized spacial score (nSPS) is 9.33. The lowest BCUT2D eigenvalue weighted by atomic mass is 10.2. The molecule has 0 saturated heterocycles. The number of nitrogens with one attached hydrogen (secondary N) is 1. The molecule has 0 fully saturated rings. The van der Waals surface area contributed by atoms with Gasteiger partial charge in [0.05, 0.1) is 5.56 Å². The molecule has 78 valence electrons. The number of aromatic carboxylic acids is 1. The van der Waals surface area contributed by atoms with Crippen LogP contribution in [0.3, 0.4) is 0 Å². The van der Waals surface area contributed by atoms with Crippen LogP contribution in [-0.2, 0) is 0 Å². The smallest absolute Gasteiger partial charge is 0.338 e. The number of anilines is 1. The molecule has 0 atom stereocenters. The Morgan fingerprint density at radius 1 is 1.60 bits per heavy atom. The van der Waals surface area contributed by atoms with E-state index in [4.69, 9.17) is 11.5 Å². The molecular formula is C11H10BrNO2. The molecule has 2 N–H and O–H groups in total. The number of benzene rings is 1. The zero-order chi connectivity index (χ0) is 11.3. The maximum absolute atomic E-state index is 11.0. The van der Waals surface area contributed by atoms with Gasteiger partial charge in [-0.15, -0.1) is 12.3 Å². The fourth-order valence-electron chi connectivity index (χ4n) is 1.16. The third kappa shape index (κ3) is 3.00. The number of carbonyl (C=O) groups is 1. The largest absolute Gasteiger partial charge is 0.478 e. The van der Waals surface area contributed by atoms with Gasteiger partial charge in [0.15, 0.2) is 0 Å². The lowest BCUT2D eigenvalue weighted by Gasteiger charge is -2.09. The van der Waals surface area contributed by atoms with Crippen LogP contribution in [0.4, 0.5) is 5.69 Å². The average Bonchev–Trinajstić information content (AvgIpc) is 2.17. The second-order valence-electron chi connectivity index (χ2n) is 2.85. The van der Waals surface area contributed by atoms with Crippen LogP contribution in [-0.4, -0.2) is 17.6 Å². The number of hydrogen-bond acceptors (Lipinski definition) is 2. The Balaban J connectivity index is 2.92. The Bertz CT molecular complexity index is 410. The van der Waals surface area contributed by atoms with Gasteiger partial charge in [0, 0.05) is 23.1 Å². The molecule has 0 heterocycles. The van der Waals surface area contributed by atoms with Gasteiger partial charge in [-0.2, -0.15) is 0 Å². The molecule has 1 aromatic carbocycles. The third-order valence-corrected chi connectivity index (χ3v) is 2.47. The minimum atomic E-state index is -0.967. The maximum atomic E-state index is 11.0. The Hall–Kier alpha value is -1.47. The molecule has 0 amide bonds. The second kappa shape index (κ2) is 5.42. The van der Waals surface area contributed by atoms with Crippen molar-refractivity contribution in [2.75, 3.05) is 11.9 Å². The summed E-state index contributed by atoms with van der Waals surface area (Å²) in [7, 11) is 0. The molecule has 15 heavy (non-hydrogen) atoms. The van der Waals surface area contributed by atoms with Gasteiger partial charge in [-0.05, 0) is 28.1 Å². The van der Waals surface area contributed by atoms with Crippen molar-refractivity contribution in [3.63, 3.8) is 0 Å². The molecule has 0 radical (unpaired) electrons. The second-order valence-corrected chi connectivity index (χ2v) is 3.70. The van der Waals surface area contributed by atoms with E-state index in [0.29, 0.717) is 23.1 Å². The zero-order valence-electron chi connectivity index (χ0n) is 7.96. The standard InChI is InChI=1S/C11H10BrNO2/c1-2-3-7-13-9-6-4-5-8(12)10(9)11(14)15/h1,4-6,13H,3,7H2,(H,14,15). The monoisotopic (exact) mass is 267 g/mol. The predicted molar refractivity (Wildman–Crippen MR) is 63.0 cm³/mol. The number of terminal acetylenes is 1. The summed E-state index contributed by atoms with van der Waals surface area (Å²) in [5.74, 6) is 1.51. The van der Waals surface area contributed by atoms with E-state index < -0.39 is 5.97 Å². The SMILES string of the molecule is C#CCCNc1cccc(Br)c1C(=O)O. The molecule has 0 saturated carbocycles. The first-order valence-corrected chi connectivity index (χ1v) is 5.15. The highest BCUT2D eigenvalue weighted by Crippen LogP contribution is 2.24. The van der Waals surface area contributed by atoms with Gasteiger partial charge >= 0.3 is 5.97 Å². The van der Waals surface area contributed by atoms with Gasteiger partial charge in [-0.1, -0.05) is 6.07 Å². The molecule has 0 aliphatic carbocycles. The van der Waals surface area contributed by atoms with Crippen LogP contribution in [0, 0.1) is 12.3 Å². The Morgan fingerprint density at radius 3 is 2.93 bits per heavy atom. The van der Waals surface area contributed by atoms with Crippen LogP contribution in [0.1, 0.15) is 16.8 Å². The van der Waals surface area contributed by atoms with Crippen LogP contribution in [0.2, 0.25) is 0 Å². The van der Waals surface area contributed by atoms with Gasteiger partial charge in [-0.3, -0.25) is 0 Å². The minimum absolute atomic E-state index is 0.231. The quantitative estimate of drug-likeness (QED) is 0.651. The van der Waals surface area contributed by atoms with E-state index in [-0.39, 0.29) is 5.56 Å². The highest BCUT2D eigenvalue weighted by molar-refractivity contribution is 9.10. The summed E-state index contributed by atoms with van der Waals surface area (Å²) in [4.78, 5) is 11.0.